The first-order chi connectivity index (χ1) is 13.2. The standard InChI is InChI=1S/C20H31N3O5/c1-12(18(26)28-11-16(24)21-10-17(25)23(2)3)22-19(27)20-7-13-4-14(8-20)6-15(5-13)9-20/h12-15H,4-11H2,1-3H3,(H,21,24)(H,22,27)/t12-,13?,14?,15?,20?/m0/s1. The Kier molecular flexibility index (Phi) is 5.95. The minimum absolute atomic E-state index is 0.0444. The lowest BCUT2D eigenvalue weighted by atomic mass is 9.49. The molecule has 4 bridgehead atoms. The number of carbonyl (C=O) groups excluding carboxylic acids is 4. The SMILES string of the molecule is C[C@H](NC(=O)C12CC3CC(CC(C3)C1)C2)C(=O)OCC(=O)NCC(=O)N(C)C. The molecule has 4 rings (SSSR count). The predicted molar refractivity (Wildman–Crippen MR) is 101 cm³/mol. The highest BCUT2D eigenvalue weighted by atomic mass is 16.5. The molecule has 8 heteroatoms. The van der Waals surface area contributed by atoms with Crippen LogP contribution >= 0.6 is 0 Å². The molecular formula is C20H31N3O5. The van der Waals surface area contributed by atoms with Gasteiger partial charge in [0.25, 0.3) is 5.91 Å². The Morgan fingerprint density at radius 1 is 1.04 bits per heavy atom. The number of esters is 1. The third kappa shape index (κ3) is 4.47. The van der Waals surface area contributed by atoms with Gasteiger partial charge in [0.15, 0.2) is 6.61 Å². The molecule has 4 aliphatic carbocycles. The maximum Gasteiger partial charge on any atom is 0.328 e. The van der Waals surface area contributed by atoms with E-state index in [-0.39, 0.29) is 23.8 Å². The molecule has 0 aliphatic heterocycles. The molecule has 0 heterocycles. The van der Waals surface area contributed by atoms with E-state index in [1.165, 1.54) is 24.2 Å². The third-order valence-electron chi connectivity index (χ3n) is 6.50. The van der Waals surface area contributed by atoms with Gasteiger partial charge in [-0.25, -0.2) is 4.79 Å². The van der Waals surface area contributed by atoms with Crippen molar-refractivity contribution in [2.45, 2.75) is 51.5 Å². The highest BCUT2D eigenvalue weighted by Crippen LogP contribution is 2.60. The van der Waals surface area contributed by atoms with Gasteiger partial charge in [0.05, 0.1) is 6.54 Å². The number of ether oxygens (including phenoxy) is 1. The van der Waals surface area contributed by atoms with Crippen molar-refractivity contribution >= 4 is 23.7 Å². The van der Waals surface area contributed by atoms with Gasteiger partial charge < -0.3 is 20.3 Å². The van der Waals surface area contributed by atoms with Crippen molar-refractivity contribution in [3.05, 3.63) is 0 Å². The summed E-state index contributed by atoms with van der Waals surface area (Å²) < 4.78 is 4.99. The number of rotatable bonds is 7. The van der Waals surface area contributed by atoms with Gasteiger partial charge in [-0.3, -0.25) is 14.4 Å². The molecule has 3 amide bonds. The highest BCUT2D eigenvalue weighted by Gasteiger charge is 2.54. The van der Waals surface area contributed by atoms with E-state index in [9.17, 15) is 19.2 Å². The van der Waals surface area contributed by atoms with Crippen molar-refractivity contribution < 1.29 is 23.9 Å². The number of likely N-dealkylation sites (N-methyl/N-ethyl adjacent to an activating group) is 1. The van der Waals surface area contributed by atoms with Crippen LogP contribution < -0.4 is 10.6 Å². The number of amides is 3. The summed E-state index contributed by atoms with van der Waals surface area (Å²) in [6.07, 6.45) is 6.51. The lowest BCUT2D eigenvalue weighted by Crippen LogP contribution is -2.56. The normalized spacial score (nSPS) is 31.0. The van der Waals surface area contributed by atoms with E-state index in [1.807, 2.05) is 0 Å². The van der Waals surface area contributed by atoms with Gasteiger partial charge in [0, 0.05) is 19.5 Å². The fourth-order valence-electron chi connectivity index (χ4n) is 5.44. The summed E-state index contributed by atoms with van der Waals surface area (Å²) in [4.78, 5) is 49.6. The summed E-state index contributed by atoms with van der Waals surface area (Å²) in [5.74, 6) is 0.441. The highest BCUT2D eigenvalue weighted by molar-refractivity contribution is 5.89. The number of hydrogen-bond acceptors (Lipinski definition) is 5. The third-order valence-corrected chi connectivity index (χ3v) is 6.50. The van der Waals surface area contributed by atoms with E-state index in [2.05, 4.69) is 10.6 Å². The van der Waals surface area contributed by atoms with Gasteiger partial charge in [0.2, 0.25) is 11.8 Å². The Morgan fingerprint density at radius 2 is 1.57 bits per heavy atom. The van der Waals surface area contributed by atoms with Crippen LogP contribution in [0.15, 0.2) is 0 Å². The number of nitrogens with zero attached hydrogens (tertiary/aromatic N) is 1. The van der Waals surface area contributed by atoms with Crippen LogP contribution in [-0.2, 0) is 23.9 Å². The molecule has 0 radical (unpaired) electrons. The Labute approximate surface area is 165 Å². The maximum atomic E-state index is 13.0. The fraction of sp³-hybridized carbons (Fsp3) is 0.800. The largest absolute Gasteiger partial charge is 0.454 e. The maximum absolute atomic E-state index is 13.0. The van der Waals surface area contributed by atoms with Crippen LogP contribution in [0.5, 0.6) is 0 Å². The Hall–Kier alpha value is -2.12. The molecule has 0 spiro atoms. The van der Waals surface area contributed by atoms with Crippen molar-refractivity contribution in [1.29, 1.82) is 0 Å². The predicted octanol–water partition coefficient (Wildman–Crippen LogP) is 0.455. The van der Waals surface area contributed by atoms with Crippen LogP contribution in [0.1, 0.15) is 45.4 Å². The van der Waals surface area contributed by atoms with E-state index in [1.54, 1.807) is 21.0 Å². The average Bonchev–Trinajstić information content (AvgIpc) is 2.62. The first-order valence-electron chi connectivity index (χ1n) is 10.1. The monoisotopic (exact) mass is 393 g/mol. The molecule has 0 unspecified atom stereocenters. The van der Waals surface area contributed by atoms with Crippen LogP contribution in [0.2, 0.25) is 0 Å². The number of nitrogens with one attached hydrogen (secondary N) is 2. The van der Waals surface area contributed by atoms with Gasteiger partial charge in [0.1, 0.15) is 6.04 Å². The summed E-state index contributed by atoms with van der Waals surface area (Å²) in [6.45, 7) is 0.951. The lowest BCUT2D eigenvalue weighted by molar-refractivity contribution is -0.155. The molecule has 8 nitrogen and oxygen atoms in total. The first-order valence-corrected chi connectivity index (χ1v) is 10.1. The molecular weight excluding hydrogens is 362 g/mol. The van der Waals surface area contributed by atoms with Crippen LogP contribution in [0.25, 0.3) is 0 Å². The van der Waals surface area contributed by atoms with E-state index >= 15 is 0 Å². The summed E-state index contributed by atoms with van der Waals surface area (Å²) in [7, 11) is 3.17. The van der Waals surface area contributed by atoms with Crippen LogP contribution in [0.4, 0.5) is 0 Å². The van der Waals surface area contributed by atoms with E-state index in [0.29, 0.717) is 17.8 Å². The van der Waals surface area contributed by atoms with Gasteiger partial charge >= 0.3 is 5.97 Å². The minimum Gasteiger partial charge on any atom is -0.454 e. The molecule has 28 heavy (non-hydrogen) atoms. The van der Waals surface area contributed by atoms with Crippen molar-refractivity contribution in [1.82, 2.24) is 15.5 Å². The van der Waals surface area contributed by atoms with Crippen LogP contribution in [0.3, 0.4) is 0 Å². The zero-order valence-corrected chi connectivity index (χ0v) is 17.0. The van der Waals surface area contributed by atoms with Crippen molar-refractivity contribution in [3.8, 4) is 0 Å². The van der Waals surface area contributed by atoms with Crippen molar-refractivity contribution in [2.24, 2.45) is 23.2 Å². The molecule has 4 aliphatic rings. The second kappa shape index (κ2) is 8.09. The van der Waals surface area contributed by atoms with E-state index < -0.39 is 24.5 Å². The van der Waals surface area contributed by atoms with Gasteiger partial charge in [-0.2, -0.15) is 0 Å². The molecule has 2 N–H and O–H groups in total. The molecule has 1 atom stereocenters. The quantitative estimate of drug-likeness (QED) is 0.611. The summed E-state index contributed by atoms with van der Waals surface area (Å²) in [5, 5.41) is 5.21. The smallest absolute Gasteiger partial charge is 0.328 e. The fourth-order valence-corrected chi connectivity index (χ4v) is 5.44. The molecule has 4 saturated carbocycles. The second-order valence-electron chi connectivity index (χ2n) is 9.07. The zero-order chi connectivity index (χ0) is 20.5. The minimum atomic E-state index is -0.809. The number of hydrogen-bond donors (Lipinski definition) is 2. The first kappa shape index (κ1) is 20.6. The molecule has 0 aromatic rings. The van der Waals surface area contributed by atoms with Crippen molar-refractivity contribution in [2.75, 3.05) is 27.2 Å². The van der Waals surface area contributed by atoms with E-state index in [4.69, 9.17) is 4.74 Å². The Morgan fingerprint density at radius 3 is 2.07 bits per heavy atom. The zero-order valence-electron chi connectivity index (χ0n) is 17.0. The average molecular weight is 393 g/mol. The van der Waals surface area contributed by atoms with Gasteiger partial charge in [-0.05, 0) is 63.2 Å². The summed E-state index contributed by atoms with van der Waals surface area (Å²) in [5.41, 5.74) is -0.326. The van der Waals surface area contributed by atoms with Crippen LogP contribution in [-0.4, -0.2) is 61.9 Å². The van der Waals surface area contributed by atoms with Gasteiger partial charge in [-0.1, -0.05) is 0 Å². The summed E-state index contributed by atoms with van der Waals surface area (Å²) in [6, 6.07) is -0.809. The molecule has 0 saturated heterocycles. The molecule has 156 valence electrons. The second-order valence-corrected chi connectivity index (χ2v) is 9.07. The molecule has 0 aromatic carbocycles. The van der Waals surface area contributed by atoms with Crippen molar-refractivity contribution in [3.63, 3.8) is 0 Å². The molecule has 4 fully saturated rings. The molecule has 0 aromatic heterocycles. The van der Waals surface area contributed by atoms with E-state index in [0.717, 1.165) is 19.3 Å². The lowest BCUT2D eigenvalue weighted by Gasteiger charge is -2.55. The van der Waals surface area contributed by atoms with Crippen LogP contribution in [0, 0.1) is 23.2 Å². The Balaban J connectivity index is 1.43. The number of carbonyl (C=O) groups is 4. The summed E-state index contributed by atoms with van der Waals surface area (Å²) >= 11 is 0. The Bertz CT molecular complexity index is 625. The van der Waals surface area contributed by atoms with Gasteiger partial charge in [-0.15, -0.1) is 0 Å². The topological polar surface area (TPSA) is 105 Å².